The highest BCUT2D eigenvalue weighted by molar-refractivity contribution is 5.88. The van der Waals surface area contributed by atoms with Crippen molar-refractivity contribution in [3.8, 4) is 5.75 Å². The third-order valence-corrected chi connectivity index (χ3v) is 4.06. The van der Waals surface area contributed by atoms with Crippen molar-refractivity contribution >= 4 is 11.6 Å². The standard InChI is InChI=1S/C17H24N2O2/c1-12-8-9-15(10-14(12)3)21-11-17(20)19-18-16-7-5-4-6-13(16)2/h8-10,13H,4-7,11H2,1-3H3,(H,19,20)/b18-16-/t13-/m1/s1. The number of hydrogen-bond donors (Lipinski definition) is 1. The number of carbonyl (C=O) groups excluding carboxylic acids is 1. The monoisotopic (exact) mass is 288 g/mol. The average Bonchev–Trinajstić information content (AvgIpc) is 2.47. The molecule has 1 aromatic rings. The summed E-state index contributed by atoms with van der Waals surface area (Å²) in [5.41, 5.74) is 6.07. The Bertz CT molecular complexity index is 538. The quantitative estimate of drug-likeness (QED) is 0.864. The Morgan fingerprint density at radius 1 is 1.33 bits per heavy atom. The summed E-state index contributed by atoms with van der Waals surface area (Å²) in [6.45, 7) is 6.23. The highest BCUT2D eigenvalue weighted by Crippen LogP contribution is 2.20. The van der Waals surface area contributed by atoms with E-state index in [1.165, 1.54) is 12.0 Å². The highest BCUT2D eigenvalue weighted by atomic mass is 16.5. The van der Waals surface area contributed by atoms with Crippen LogP contribution in [0.5, 0.6) is 5.75 Å². The van der Waals surface area contributed by atoms with Gasteiger partial charge in [-0.3, -0.25) is 4.79 Å². The molecule has 0 bridgehead atoms. The Hall–Kier alpha value is -1.84. The van der Waals surface area contributed by atoms with Crippen LogP contribution in [0.2, 0.25) is 0 Å². The van der Waals surface area contributed by atoms with Crippen molar-refractivity contribution in [1.82, 2.24) is 5.43 Å². The van der Waals surface area contributed by atoms with Gasteiger partial charge in [-0.15, -0.1) is 0 Å². The fourth-order valence-electron chi connectivity index (χ4n) is 2.45. The molecule has 0 aliphatic heterocycles. The molecule has 1 aliphatic rings. The van der Waals surface area contributed by atoms with Crippen LogP contribution in [0.4, 0.5) is 0 Å². The molecule has 1 amide bonds. The van der Waals surface area contributed by atoms with Crippen molar-refractivity contribution < 1.29 is 9.53 Å². The van der Waals surface area contributed by atoms with Gasteiger partial charge < -0.3 is 4.74 Å². The lowest BCUT2D eigenvalue weighted by Crippen LogP contribution is -2.28. The van der Waals surface area contributed by atoms with Gasteiger partial charge in [0, 0.05) is 5.71 Å². The number of nitrogens with one attached hydrogen (secondary N) is 1. The Labute approximate surface area is 126 Å². The molecule has 0 unspecified atom stereocenters. The van der Waals surface area contributed by atoms with Gasteiger partial charge in [-0.2, -0.15) is 5.10 Å². The number of hydrogen-bond acceptors (Lipinski definition) is 3. The number of hydrazone groups is 1. The summed E-state index contributed by atoms with van der Waals surface area (Å²) < 4.78 is 5.49. The summed E-state index contributed by atoms with van der Waals surface area (Å²) in [7, 11) is 0. The summed E-state index contributed by atoms with van der Waals surface area (Å²) in [6.07, 6.45) is 4.56. The number of benzene rings is 1. The largest absolute Gasteiger partial charge is 0.484 e. The van der Waals surface area contributed by atoms with Crippen molar-refractivity contribution in [3.05, 3.63) is 29.3 Å². The van der Waals surface area contributed by atoms with E-state index >= 15 is 0 Å². The van der Waals surface area contributed by atoms with Crippen molar-refractivity contribution in [2.24, 2.45) is 11.0 Å². The molecule has 1 atom stereocenters. The van der Waals surface area contributed by atoms with E-state index in [0.29, 0.717) is 11.7 Å². The number of carbonyl (C=O) groups is 1. The number of nitrogens with zero attached hydrogens (tertiary/aromatic N) is 1. The first-order chi connectivity index (χ1) is 10.1. The van der Waals surface area contributed by atoms with Gasteiger partial charge >= 0.3 is 0 Å². The van der Waals surface area contributed by atoms with Crippen LogP contribution in [0.25, 0.3) is 0 Å². The molecule has 0 heterocycles. The molecule has 0 spiro atoms. The molecule has 1 N–H and O–H groups in total. The van der Waals surface area contributed by atoms with Crippen LogP contribution in [-0.4, -0.2) is 18.2 Å². The number of ether oxygens (including phenoxy) is 1. The van der Waals surface area contributed by atoms with Gasteiger partial charge in [-0.05, 0) is 62.3 Å². The summed E-state index contributed by atoms with van der Waals surface area (Å²) in [6, 6.07) is 5.81. The van der Waals surface area contributed by atoms with Gasteiger partial charge in [0.25, 0.3) is 5.91 Å². The Morgan fingerprint density at radius 3 is 2.86 bits per heavy atom. The van der Waals surface area contributed by atoms with Crippen LogP contribution in [0, 0.1) is 19.8 Å². The maximum absolute atomic E-state index is 11.8. The molecule has 0 radical (unpaired) electrons. The predicted octanol–water partition coefficient (Wildman–Crippen LogP) is 3.36. The molecule has 0 saturated heterocycles. The van der Waals surface area contributed by atoms with Crippen LogP contribution in [0.15, 0.2) is 23.3 Å². The summed E-state index contributed by atoms with van der Waals surface area (Å²) >= 11 is 0. The molecule has 1 aromatic carbocycles. The van der Waals surface area contributed by atoms with Gasteiger partial charge in [0.2, 0.25) is 0 Å². The van der Waals surface area contributed by atoms with Gasteiger partial charge in [0.1, 0.15) is 5.75 Å². The second-order valence-electron chi connectivity index (χ2n) is 5.82. The molecule has 4 nitrogen and oxygen atoms in total. The van der Waals surface area contributed by atoms with Crippen LogP contribution >= 0.6 is 0 Å². The van der Waals surface area contributed by atoms with Crippen LogP contribution in [0.3, 0.4) is 0 Å². The molecule has 114 valence electrons. The second-order valence-corrected chi connectivity index (χ2v) is 5.82. The first kappa shape index (κ1) is 15.5. The molecule has 21 heavy (non-hydrogen) atoms. The van der Waals surface area contributed by atoms with Gasteiger partial charge in [0.05, 0.1) is 0 Å². The third-order valence-electron chi connectivity index (χ3n) is 4.06. The van der Waals surface area contributed by atoms with E-state index in [2.05, 4.69) is 17.5 Å². The SMILES string of the molecule is Cc1ccc(OCC(=O)N/N=C2/CCCC[C@H]2C)cc1C. The topological polar surface area (TPSA) is 50.7 Å². The van der Waals surface area contributed by atoms with Gasteiger partial charge in [0.15, 0.2) is 6.61 Å². The molecule has 2 rings (SSSR count). The Morgan fingerprint density at radius 2 is 2.14 bits per heavy atom. The van der Waals surface area contributed by atoms with E-state index in [1.807, 2.05) is 32.0 Å². The molecule has 0 aromatic heterocycles. The first-order valence-electron chi connectivity index (χ1n) is 7.61. The van der Waals surface area contributed by atoms with E-state index < -0.39 is 0 Å². The van der Waals surface area contributed by atoms with Crippen LogP contribution in [0.1, 0.15) is 43.7 Å². The van der Waals surface area contributed by atoms with Crippen LogP contribution in [-0.2, 0) is 4.79 Å². The van der Waals surface area contributed by atoms with E-state index in [0.717, 1.165) is 30.5 Å². The minimum absolute atomic E-state index is 0.00629. The van der Waals surface area contributed by atoms with Crippen molar-refractivity contribution in [2.45, 2.75) is 46.5 Å². The summed E-state index contributed by atoms with van der Waals surface area (Å²) in [5.74, 6) is 0.977. The Balaban J connectivity index is 1.81. The summed E-state index contributed by atoms with van der Waals surface area (Å²) in [4.78, 5) is 11.8. The van der Waals surface area contributed by atoms with Crippen molar-refractivity contribution in [1.29, 1.82) is 0 Å². The Kier molecular flexibility index (Phi) is 5.37. The van der Waals surface area contributed by atoms with Gasteiger partial charge in [-0.1, -0.05) is 19.4 Å². The zero-order valence-electron chi connectivity index (χ0n) is 13.1. The first-order valence-corrected chi connectivity index (χ1v) is 7.61. The van der Waals surface area contributed by atoms with Crippen molar-refractivity contribution in [3.63, 3.8) is 0 Å². The molecule has 4 heteroatoms. The lowest BCUT2D eigenvalue weighted by Gasteiger charge is -2.19. The van der Waals surface area contributed by atoms with Crippen LogP contribution < -0.4 is 10.2 Å². The molecule has 1 aliphatic carbocycles. The zero-order valence-corrected chi connectivity index (χ0v) is 13.1. The molecule has 1 fully saturated rings. The predicted molar refractivity (Wildman–Crippen MR) is 84.6 cm³/mol. The lowest BCUT2D eigenvalue weighted by molar-refractivity contribution is -0.123. The average molecular weight is 288 g/mol. The third kappa shape index (κ3) is 4.59. The molecular formula is C17H24N2O2. The minimum atomic E-state index is -0.210. The fraction of sp³-hybridized carbons (Fsp3) is 0.529. The number of amides is 1. The maximum Gasteiger partial charge on any atom is 0.277 e. The normalized spacial score (nSPS) is 20.3. The fourth-order valence-corrected chi connectivity index (χ4v) is 2.45. The van der Waals surface area contributed by atoms with E-state index in [1.54, 1.807) is 0 Å². The lowest BCUT2D eigenvalue weighted by atomic mass is 9.89. The minimum Gasteiger partial charge on any atom is -0.484 e. The van der Waals surface area contributed by atoms with E-state index in [9.17, 15) is 4.79 Å². The van der Waals surface area contributed by atoms with E-state index in [-0.39, 0.29) is 12.5 Å². The van der Waals surface area contributed by atoms with E-state index in [4.69, 9.17) is 4.74 Å². The highest BCUT2D eigenvalue weighted by Gasteiger charge is 2.16. The molecular weight excluding hydrogens is 264 g/mol. The van der Waals surface area contributed by atoms with Crippen molar-refractivity contribution in [2.75, 3.05) is 6.61 Å². The summed E-state index contributed by atoms with van der Waals surface area (Å²) in [5, 5.41) is 4.25. The zero-order chi connectivity index (χ0) is 15.2. The molecule has 1 saturated carbocycles. The number of rotatable bonds is 4. The van der Waals surface area contributed by atoms with Gasteiger partial charge in [-0.25, -0.2) is 5.43 Å². The smallest absolute Gasteiger partial charge is 0.277 e. The number of aryl methyl sites for hydroxylation is 2. The second kappa shape index (κ2) is 7.25. The maximum atomic E-state index is 11.8.